The third-order valence-electron chi connectivity index (χ3n) is 2.70. The van der Waals surface area contributed by atoms with Crippen LogP contribution in [-0.4, -0.2) is 33.0 Å². The number of rotatable bonds is 4. The summed E-state index contributed by atoms with van der Waals surface area (Å²) in [6.45, 7) is 1.99. The first-order valence-electron chi connectivity index (χ1n) is 5.40. The summed E-state index contributed by atoms with van der Waals surface area (Å²) in [5.74, 6) is -0.568. The van der Waals surface area contributed by atoms with E-state index in [1.165, 1.54) is 12.3 Å². The van der Waals surface area contributed by atoms with Gasteiger partial charge in [0.25, 0.3) is 10.0 Å². The third-order valence-corrected chi connectivity index (χ3v) is 4.06. The molecule has 94 valence electrons. The van der Waals surface area contributed by atoms with Crippen molar-refractivity contribution >= 4 is 10.0 Å². The molecule has 7 heteroatoms. The molecular weight excluding hydrogens is 245 g/mol. The van der Waals surface area contributed by atoms with Gasteiger partial charge in [-0.25, -0.2) is 22.5 Å². The van der Waals surface area contributed by atoms with E-state index in [0.29, 0.717) is 6.54 Å². The van der Waals surface area contributed by atoms with Gasteiger partial charge >= 0.3 is 0 Å². The Labute approximate surface area is 99.5 Å². The number of nitrogens with zero attached hydrogens (tertiary/aromatic N) is 1. The van der Waals surface area contributed by atoms with Crippen molar-refractivity contribution in [1.82, 2.24) is 15.0 Å². The molecule has 1 aromatic rings. The molecule has 17 heavy (non-hydrogen) atoms. The van der Waals surface area contributed by atoms with Crippen LogP contribution in [0.3, 0.4) is 0 Å². The molecule has 1 unspecified atom stereocenters. The van der Waals surface area contributed by atoms with Crippen LogP contribution in [0.2, 0.25) is 0 Å². The van der Waals surface area contributed by atoms with Gasteiger partial charge in [-0.05, 0) is 37.6 Å². The van der Waals surface area contributed by atoms with Crippen LogP contribution >= 0.6 is 0 Å². The maximum atomic E-state index is 13.3. The Morgan fingerprint density at radius 1 is 1.59 bits per heavy atom. The Kier molecular flexibility index (Phi) is 3.70. The Bertz CT molecular complexity index is 486. The second-order valence-corrected chi connectivity index (χ2v) is 5.68. The average molecular weight is 259 g/mol. The van der Waals surface area contributed by atoms with E-state index < -0.39 is 20.9 Å². The minimum atomic E-state index is -3.84. The normalized spacial score (nSPS) is 20.6. The Hall–Kier alpha value is -1.05. The van der Waals surface area contributed by atoms with Crippen LogP contribution < -0.4 is 10.0 Å². The number of nitrogens with one attached hydrogen (secondary N) is 2. The van der Waals surface area contributed by atoms with E-state index in [0.717, 1.165) is 25.6 Å². The number of hydrogen-bond donors (Lipinski definition) is 2. The van der Waals surface area contributed by atoms with Crippen molar-refractivity contribution in [2.24, 2.45) is 5.92 Å². The van der Waals surface area contributed by atoms with Crippen molar-refractivity contribution in [2.75, 3.05) is 19.6 Å². The molecule has 0 aromatic carbocycles. The van der Waals surface area contributed by atoms with Crippen LogP contribution in [-0.2, 0) is 10.0 Å². The molecule has 0 aliphatic carbocycles. The number of hydrogen-bond acceptors (Lipinski definition) is 4. The molecule has 0 radical (unpaired) electrons. The topological polar surface area (TPSA) is 71.1 Å². The van der Waals surface area contributed by atoms with E-state index in [1.54, 1.807) is 0 Å². The van der Waals surface area contributed by atoms with E-state index in [9.17, 15) is 12.8 Å². The lowest BCUT2D eigenvalue weighted by molar-refractivity contribution is 0.522. The molecule has 0 saturated carbocycles. The largest absolute Gasteiger partial charge is 0.316 e. The van der Waals surface area contributed by atoms with Gasteiger partial charge in [0.05, 0.1) is 0 Å². The number of aromatic nitrogens is 1. The zero-order valence-electron chi connectivity index (χ0n) is 9.19. The molecule has 2 N–H and O–H groups in total. The van der Waals surface area contributed by atoms with Crippen LogP contribution in [0.4, 0.5) is 4.39 Å². The van der Waals surface area contributed by atoms with Gasteiger partial charge < -0.3 is 5.32 Å². The van der Waals surface area contributed by atoms with E-state index in [2.05, 4.69) is 15.0 Å². The van der Waals surface area contributed by atoms with Crippen molar-refractivity contribution in [1.29, 1.82) is 0 Å². The molecule has 1 aromatic heterocycles. The maximum absolute atomic E-state index is 13.3. The first kappa shape index (κ1) is 12.4. The standard InChI is InChI=1S/C10H14FN3O2S/c11-9-2-1-4-13-10(9)17(15,16)14-7-8-3-5-12-6-8/h1-2,4,8,12,14H,3,5-7H2. The van der Waals surface area contributed by atoms with Gasteiger partial charge in [-0.3, -0.25) is 0 Å². The molecule has 2 heterocycles. The fraction of sp³-hybridized carbons (Fsp3) is 0.500. The second kappa shape index (κ2) is 5.07. The highest BCUT2D eigenvalue weighted by molar-refractivity contribution is 7.89. The molecule has 5 nitrogen and oxygen atoms in total. The lowest BCUT2D eigenvalue weighted by Gasteiger charge is -2.10. The molecule has 0 spiro atoms. The monoisotopic (exact) mass is 259 g/mol. The first-order chi connectivity index (χ1) is 8.09. The fourth-order valence-corrected chi connectivity index (χ4v) is 2.87. The molecule has 1 fully saturated rings. The predicted octanol–water partition coefficient (Wildman–Crippen LogP) is 0.108. The summed E-state index contributed by atoms with van der Waals surface area (Å²) in [5, 5.41) is 2.60. The summed E-state index contributed by atoms with van der Waals surface area (Å²) >= 11 is 0. The number of pyridine rings is 1. The van der Waals surface area contributed by atoms with Gasteiger partial charge in [0, 0.05) is 12.7 Å². The van der Waals surface area contributed by atoms with Crippen molar-refractivity contribution in [3.63, 3.8) is 0 Å². The van der Waals surface area contributed by atoms with Crippen molar-refractivity contribution in [3.05, 3.63) is 24.1 Å². The lowest BCUT2D eigenvalue weighted by atomic mass is 10.1. The van der Waals surface area contributed by atoms with Crippen LogP contribution in [0.1, 0.15) is 6.42 Å². The first-order valence-corrected chi connectivity index (χ1v) is 6.89. The quantitative estimate of drug-likeness (QED) is 0.805. The molecule has 1 saturated heterocycles. The minimum Gasteiger partial charge on any atom is -0.316 e. The minimum absolute atomic E-state index is 0.261. The highest BCUT2D eigenvalue weighted by Crippen LogP contribution is 2.11. The third kappa shape index (κ3) is 2.99. The second-order valence-electron chi connectivity index (χ2n) is 4.00. The van der Waals surface area contributed by atoms with Crippen LogP contribution in [0.25, 0.3) is 0 Å². The SMILES string of the molecule is O=S(=O)(NCC1CCNC1)c1ncccc1F. The summed E-state index contributed by atoms with van der Waals surface area (Å²) in [7, 11) is -3.84. The van der Waals surface area contributed by atoms with E-state index >= 15 is 0 Å². The Balaban J connectivity index is 2.06. The fourth-order valence-electron chi connectivity index (χ4n) is 1.75. The van der Waals surface area contributed by atoms with E-state index in [1.807, 2.05) is 0 Å². The van der Waals surface area contributed by atoms with E-state index in [4.69, 9.17) is 0 Å². The molecule has 1 aliphatic heterocycles. The lowest BCUT2D eigenvalue weighted by Crippen LogP contribution is -2.31. The van der Waals surface area contributed by atoms with Crippen molar-refractivity contribution in [3.8, 4) is 0 Å². The van der Waals surface area contributed by atoms with Gasteiger partial charge in [-0.15, -0.1) is 0 Å². The summed E-state index contributed by atoms with van der Waals surface area (Å²) in [4.78, 5) is 3.55. The zero-order valence-corrected chi connectivity index (χ0v) is 10.0. The van der Waals surface area contributed by atoms with Gasteiger partial charge in [0.1, 0.15) is 0 Å². The van der Waals surface area contributed by atoms with Gasteiger partial charge in [0.15, 0.2) is 5.82 Å². The molecule has 1 atom stereocenters. The molecule has 1 aliphatic rings. The molecular formula is C10H14FN3O2S. The molecule has 0 amide bonds. The van der Waals surface area contributed by atoms with Crippen LogP contribution in [0.15, 0.2) is 23.4 Å². The highest BCUT2D eigenvalue weighted by atomic mass is 32.2. The highest BCUT2D eigenvalue weighted by Gasteiger charge is 2.22. The molecule has 2 rings (SSSR count). The van der Waals surface area contributed by atoms with Crippen LogP contribution in [0.5, 0.6) is 0 Å². The summed E-state index contributed by atoms with van der Waals surface area (Å²) in [5.41, 5.74) is 0. The Morgan fingerprint density at radius 3 is 3.06 bits per heavy atom. The summed E-state index contributed by atoms with van der Waals surface area (Å²) < 4.78 is 39.2. The smallest absolute Gasteiger partial charge is 0.261 e. The van der Waals surface area contributed by atoms with Crippen LogP contribution in [0, 0.1) is 11.7 Å². The maximum Gasteiger partial charge on any atom is 0.261 e. The predicted molar refractivity (Wildman–Crippen MR) is 60.4 cm³/mol. The van der Waals surface area contributed by atoms with Gasteiger partial charge in [-0.2, -0.15) is 0 Å². The average Bonchev–Trinajstić information content (AvgIpc) is 2.80. The van der Waals surface area contributed by atoms with Crippen molar-refractivity contribution < 1.29 is 12.8 Å². The van der Waals surface area contributed by atoms with Gasteiger partial charge in [0.2, 0.25) is 5.03 Å². The zero-order chi connectivity index (χ0) is 12.3. The summed E-state index contributed by atoms with van der Waals surface area (Å²) in [6.07, 6.45) is 2.18. The van der Waals surface area contributed by atoms with Crippen molar-refractivity contribution in [2.45, 2.75) is 11.4 Å². The molecule has 0 bridgehead atoms. The van der Waals surface area contributed by atoms with Gasteiger partial charge in [-0.1, -0.05) is 0 Å². The van der Waals surface area contributed by atoms with E-state index in [-0.39, 0.29) is 5.92 Å². The number of halogens is 1. The number of sulfonamides is 1. The Morgan fingerprint density at radius 2 is 2.41 bits per heavy atom. The summed E-state index contributed by atoms with van der Waals surface area (Å²) in [6, 6.07) is 2.44.